The fourth-order valence-corrected chi connectivity index (χ4v) is 0. The molecule has 0 heterocycles. The van der Waals surface area contributed by atoms with Crippen molar-refractivity contribution in [2.45, 2.75) is 0 Å². The van der Waals surface area contributed by atoms with Crippen molar-refractivity contribution >= 4 is 0 Å². The first-order valence-electron chi connectivity index (χ1n) is 0. The molecule has 36 valence electrons. The summed E-state index contributed by atoms with van der Waals surface area (Å²) < 4.78 is 0. The molecule has 0 aromatic carbocycles. The maximum atomic E-state index is 0. The first-order valence-corrected chi connectivity index (χ1v) is 0. The van der Waals surface area contributed by atoms with Crippen molar-refractivity contribution in [3.8, 4) is 0 Å². The molecule has 0 atom stereocenters. The molecule has 0 saturated carbocycles. The molecule has 6 heteroatoms. The minimum atomic E-state index is 0. The number of hydrogen-bond acceptors (Lipinski definition) is 0. The van der Waals surface area contributed by atoms with E-state index in [0.717, 1.165) is 0 Å². The first kappa shape index (κ1) is 144. The van der Waals surface area contributed by atoms with Crippen LogP contribution >= 0.6 is 0 Å². The Kier molecular flexibility index (Phi) is 2130. The van der Waals surface area contributed by atoms with Crippen molar-refractivity contribution < 1.29 is 68.5 Å². The Labute approximate surface area is 68.4 Å². The van der Waals surface area contributed by atoms with E-state index in [2.05, 4.69) is 0 Å². The second kappa shape index (κ2) is 89.0. The zero-order valence-electron chi connectivity index (χ0n) is 2.45. The molecule has 0 aliphatic carbocycles. The molecule has 0 fully saturated rings. The predicted molar refractivity (Wildman–Crippen MR) is 2.06 cm³/mol. The second-order valence-corrected chi connectivity index (χ2v) is 0. The van der Waals surface area contributed by atoms with Gasteiger partial charge in [-0.25, -0.2) is 0 Å². The maximum absolute atomic E-state index is 0. The van der Waals surface area contributed by atoms with Gasteiger partial charge in [0.05, 0.1) is 0 Å². The van der Waals surface area contributed by atoms with Crippen molar-refractivity contribution in [1.29, 1.82) is 0 Å². The van der Waals surface area contributed by atoms with E-state index < -0.39 is 0 Å². The minimum absolute atomic E-state index is 0. The van der Waals surface area contributed by atoms with Crippen molar-refractivity contribution in [1.82, 2.24) is 0 Å². The molecular formula is Cr3O3. The van der Waals surface area contributed by atoms with Crippen LogP contribution in [0.3, 0.4) is 0 Å². The first-order chi connectivity index (χ1) is 0. The molecule has 0 N–H and O–H groups in total. The molecule has 0 aromatic heterocycles. The predicted octanol–water partition coefficient (Wildman–Crippen LogP) is -0.364. The van der Waals surface area contributed by atoms with E-state index in [1.807, 2.05) is 0 Å². The summed E-state index contributed by atoms with van der Waals surface area (Å²) in [6.45, 7) is 0. The van der Waals surface area contributed by atoms with E-state index in [-0.39, 0.29) is 68.5 Å². The van der Waals surface area contributed by atoms with E-state index in [1.54, 1.807) is 0 Å². The molecule has 0 bridgehead atoms. The fourth-order valence-electron chi connectivity index (χ4n) is 0. The van der Waals surface area contributed by atoms with Crippen LogP contribution in [-0.4, -0.2) is 0 Å². The molecule has 0 amide bonds. The fraction of sp³-hybridized carbons (Fsp3) is 0. The monoisotopic (exact) mass is 204 g/mol. The smallest absolute Gasteiger partial charge is 2.00 e. The SMILES string of the molecule is [Cr+2].[Cr+2].[Cr+2].[O-2].[O-2].[O-2]. The zero-order chi connectivity index (χ0) is 0. The molecular weight excluding hydrogens is 204 g/mol. The quantitative estimate of drug-likeness (QED) is 0.515. The van der Waals surface area contributed by atoms with Gasteiger partial charge in [0, 0.05) is 0 Å². The molecule has 0 unspecified atom stereocenters. The van der Waals surface area contributed by atoms with Gasteiger partial charge in [0.2, 0.25) is 0 Å². The molecule has 0 aromatic rings. The summed E-state index contributed by atoms with van der Waals surface area (Å²) in [6, 6.07) is 0. The number of rotatable bonds is 0. The normalized spacial score (nSPS) is 0. The Balaban J connectivity index is 0. The van der Waals surface area contributed by atoms with Crippen LogP contribution in [0.1, 0.15) is 0 Å². The van der Waals surface area contributed by atoms with Gasteiger partial charge in [0.1, 0.15) is 0 Å². The second-order valence-electron chi connectivity index (χ2n) is 0. The van der Waals surface area contributed by atoms with E-state index in [1.165, 1.54) is 0 Å². The average molecular weight is 204 g/mol. The van der Waals surface area contributed by atoms with Crippen LogP contribution in [0.25, 0.3) is 0 Å². The minimum Gasteiger partial charge on any atom is -2.00 e. The Bertz CT molecular complexity index is 6.00. The average Bonchev–Trinajstić information content (AvgIpc) is 0. The summed E-state index contributed by atoms with van der Waals surface area (Å²) in [5, 5.41) is 0. The van der Waals surface area contributed by atoms with Crippen molar-refractivity contribution in [2.75, 3.05) is 0 Å². The summed E-state index contributed by atoms with van der Waals surface area (Å²) in [7, 11) is 0. The number of hydrogen-bond donors (Lipinski definition) is 0. The third-order valence-corrected chi connectivity index (χ3v) is 0. The third kappa shape index (κ3) is 50.3. The largest absolute Gasteiger partial charge is 2.00 e. The van der Waals surface area contributed by atoms with Crippen LogP contribution in [0.2, 0.25) is 0 Å². The van der Waals surface area contributed by atoms with Crippen LogP contribution in [0.4, 0.5) is 0 Å². The summed E-state index contributed by atoms with van der Waals surface area (Å²) in [6.07, 6.45) is 0. The van der Waals surface area contributed by atoms with E-state index in [0.29, 0.717) is 0 Å². The summed E-state index contributed by atoms with van der Waals surface area (Å²) in [4.78, 5) is 0. The van der Waals surface area contributed by atoms with Crippen LogP contribution in [0.5, 0.6) is 0 Å². The molecule has 0 radical (unpaired) electrons. The van der Waals surface area contributed by atoms with Crippen molar-refractivity contribution in [2.24, 2.45) is 0 Å². The van der Waals surface area contributed by atoms with E-state index >= 15 is 0 Å². The molecule has 0 aliphatic rings. The van der Waals surface area contributed by atoms with E-state index in [4.69, 9.17) is 0 Å². The topological polar surface area (TPSA) is 85.5 Å². The Morgan fingerprint density at radius 3 is 0.333 bits per heavy atom. The maximum Gasteiger partial charge on any atom is 2.00 e. The summed E-state index contributed by atoms with van der Waals surface area (Å²) in [5.41, 5.74) is 0. The van der Waals surface area contributed by atoms with Gasteiger partial charge in [-0.05, 0) is 0 Å². The summed E-state index contributed by atoms with van der Waals surface area (Å²) in [5.74, 6) is 0. The molecule has 0 spiro atoms. The molecule has 0 rings (SSSR count). The van der Waals surface area contributed by atoms with Crippen molar-refractivity contribution in [3.05, 3.63) is 0 Å². The van der Waals surface area contributed by atoms with Crippen LogP contribution in [-0.2, 0) is 68.5 Å². The Hall–Kier alpha value is 1.48. The van der Waals surface area contributed by atoms with Gasteiger partial charge < -0.3 is 16.4 Å². The Morgan fingerprint density at radius 2 is 0.333 bits per heavy atom. The van der Waals surface area contributed by atoms with Crippen molar-refractivity contribution in [3.63, 3.8) is 0 Å². The van der Waals surface area contributed by atoms with Gasteiger partial charge in [-0.3, -0.25) is 0 Å². The van der Waals surface area contributed by atoms with Crippen LogP contribution < -0.4 is 0 Å². The molecule has 6 heavy (non-hydrogen) atoms. The Morgan fingerprint density at radius 1 is 0.333 bits per heavy atom. The van der Waals surface area contributed by atoms with Gasteiger partial charge in [-0.15, -0.1) is 0 Å². The molecule has 0 saturated heterocycles. The summed E-state index contributed by atoms with van der Waals surface area (Å²) >= 11 is 0. The van der Waals surface area contributed by atoms with Crippen LogP contribution in [0.15, 0.2) is 0 Å². The van der Waals surface area contributed by atoms with Gasteiger partial charge in [-0.1, -0.05) is 0 Å². The third-order valence-electron chi connectivity index (χ3n) is 0. The van der Waals surface area contributed by atoms with Gasteiger partial charge in [0.15, 0.2) is 0 Å². The van der Waals surface area contributed by atoms with Crippen LogP contribution in [0, 0.1) is 0 Å². The van der Waals surface area contributed by atoms with Gasteiger partial charge >= 0.3 is 52.1 Å². The van der Waals surface area contributed by atoms with Gasteiger partial charge in [-0.2, -0.15) is 0 Å². The zero-order valence-corrected chi connectivity index (χ0v) is 6.27. The molecule has 3 nitrogen and oxygen atoms in total. The standard InChI is InChI=1S/3Cr.3O/q3*+2;3*-2. The van der Waals surface area contributed by atoms with E-state index in [9.17, 15) is 0 Å². The van der Waals surface area contributed by atoms with Gasteiger partial charge in [0.25, 0.3) is 0 Å². The molecule has 0 aliphatic heterocycles.